The summed E-state index contributed by atoms with van der Waals surface area (Å²) in [5.74, 6) is -0.236. The molecule has 0 fully saturated rings. The van der Waals surface area contributed by atoms with Gasteiger partial charge in [-0.25, -0.2) is 0 Å². The highest BCUT2D eigenvalue weighted by Gasteiger charge is 2.12. The number of hydrogen-bond donors (Lipinski definition) is 2. The fourth-order valence-electron chi connectivity index (χ4n) is 1.48. The first-order chi connectivity index (χ1) is 8.97. The van der Waals surface area contributed by atoms with Gasteiger partial charge in [0.05, 0.1) is 11.3 Å². The van der Waals surface area contributed by atoms with Crippen molar-refractivity contribution in [2.75, 3.05) is 5.32 Å². The summed E-state index contributed by atoms with van der Waals surface area (Å²) in [4.78, 5) is 12.8. The Morgan fingerprint density at radius 1 is 1.16 bits per heavy atom. The highest BCUT2D eigenvalue weighted by Crippen LogP contribution is 2.27. The lowest BCUT2D eigenvalue weighted by atomic mass is 10.2. The van der Waals surface area contributed by atoms with Gasteiger partial charge < -0.3 is 5.32 Å². The van der Waals surface area contributed by atoms with Crippen LogP contribution in [0.1, 0.15) is 10.4 Å². The van der Waals surface area contributed by atoms with E-state index in [9.17, 15) is 4.79 Å². The van der Waals surface area contributed by atoms with E-state index in [-0.39, 0.29) is 5.91 Å². The molecule has 2 rings (SSSR count). The Kier molecular flexibility index (Phi) is 4.95. The summed E-state index contributed by atoms with van der Waals surface area (Å²) in [5, 5.41) is 3.35. The van der Waals surface area contributed by atoms with Gasteiger partial charge >= 0.3 is 0 Å². The van der Waals surface area contributed by atoms with E-state index in [1.54, 1.807) is 36.4 Å². The molecule has 0 aliphatic carbocycles. The maximum Gasteiger partial charge on any atom is 0.256 e. The summed E-state index contributed by atoms with van der Waals surface area (Å²) in [6, 6.07) is 10.5. The molecular weight excluding hydrogens is 413 g/mol. The second kappa shape index (κ2) is 6.31. The molecule has 1 amide bonds. The third-order valence-electron chi connectivity index (χ3n) is 2.38. The van der Waals surface area contributed by atoms with Gasteiger partial charge in [-0.15, -0.1) is 12.6 Å². The van der Waals surface area contributed by atoms with E-state index >= 15 is 0 Å². The molecule has 6 heteroatoms. The number of halogens is 3. The number of carbonyl (C=O) groups excluding carboxylic acids is 1. The molecule has 2 nitrogen and oxygen atoms in total. The van der Waals surface area contributed by atoms with Crippen molar-refractivity contribution in [1.29, 1.82) is 0 Å². The topological polar surface area (TPSA) is 29.1 Å². The zero-order valence-electron chi connectivity index (χ0n) is 9.45. The maximum absolute atomic E-state index is 12.2. The van der Waals surface area contributed by atoms with Crippen molar-refractivity contribution in [1.82, 2.24) is 0 Å². The highest BCUT2D eigenvalue weighted by atomic mass is 79.9. The van der Waals surface area contributed by atoms with E-state index in [0.717, 1.165) is 8.95 Å². The molecule has 0 heterocycles. The van der Waals surface area contributed by atoms with Crippen molar-refractivity contribution in [3.8, 4) is 0 Å². The summed E-state index contributed by atoms with van der Waals surface area (Å²) in [6.07, 6.45) is 0. The van der Waals surface area contributed by atoms with E-state index in [1.165, 1.54) is 0 Å². The predicted octanol–water partition coefficient (Wildman–Crippen LogP) is 5.41. The summed E-state index contributed by atoms with van der Waals surface area (Å²) in [7, 11) is 0. The average molecular weight is 422 g/mol. The first-order valence-corrected chi connectivity index (χ1v) is 7.63. The zero-order valence-corrected chi connectivity index (χ0v) is 14.3. The van der Waals surface area contributed by atoms with Crippen LogP contribution >= 0.6 is 56.1 Å². The Hall–Kier alpha value is -0.490. The van der Waals surface area contributed by atoms with Gasteiger partial charge in [0.2, 0.25) is 0 Å². The number of thiol groups is 1. The summed E-state index contributed by atoms with van der Waals surface area (Å²) < 4.78 is 1.64. The molecule has 0 atom stereocenters. The van der Waals surface area contributed by atoms with Crippen LogP contribution in [0.3, 0.4) is 0 Å². The van der Waals surface area contributed by atoms with E-state index in [2.05, 4.69) is 49.8 Å². The van der Waals surface area contributed by atoms with Gasteiger partial charge in [-0.2, -0.15) is 0 Å². The number of amides is 1. The Morgan fingerprint density at radius 2 is 1.89 bits per heavy atom. The molecule has 2 aromatic rings. The van der Waals surface area contributed by atoms with E-state index in [0.29, 0.717) is 21.2 Å². The first kappa shape index (κ1) is 14.9. The number of benzene rings is 2. The number of anilines is 1. The Labute approximate surface area is 138 Å². The van der Waals surface area contributed by atoms with Gasteiger partial charge in [-0.05, 0) is 52.3 Å². The molecular formula is C13H8Br2ClNOS. The van der Waals surface area contributed by atoms with E-state index < -0.39 is 0 Å². The molecule has 0 aromatic heterocycles. The van der Waals surface area contributed by atoms with Crippen LogP contribution in [0.5, 0.6) is 0 Å². The largest absolute Gasteiger partial charge is 0.321 e. The molecule has 0 aliphatic rings. The molecule has 0 saturated carbocycles. The molecule has 0 radical (unpaired) electrons. The van der Waals surface area contributed by atoms with Crippen LogP contribution in [0.2, 0.25) is 5.02 Å². The van der Waals surface area contributed by atoms with Crippen LogP contribution in [0, 0.1) is 0 Å². The van der Waals surface area contributed by atoms with Crippen molar-refractivity contribution in [3.05, 3.63) is 55.9 Å². The SMILES string of the molecule is O=C(Nc1cc(Cl)ccc1Br)c1ccc(Br)cc1S. The first-order valence-electron chi connectivity index (χ1n) is 5.22. The normalized spacial score (nSPS) is 10.3. The minimum absolute atomic E-state index is 0.236. The molecule has 19 heavy (non-hydrogen) atoms. The van der Waals surface area contributed by atoms with Gasteiger partial charge in [0.15, 0.2) is 0 Å². The summed E-state index contributed by atoms with van der Waals surface area (Å²) in [5.41, 5.74) is 1.12. The van der Waals surface area contributed by atoms with Crippen molar-refractivity contribution < 1.29 is 4.79 Å². The number of hydrogen-bond acceptors (Lipinski definition) is 2. The standard InChI is InChI=1S/C13H8Br2ClNOS/c14-7-1-3-9(12(19)5-7)13(18)17-11-6-8(16)2-4-10(11)15/h1-6,19H,(H,17,18). The molecule has 0 saturated heterocycles. The maximum atomic E-state index is 12.2. The molecule has 0 bridgehead atoms. The van der Waals surface area contributed by atoms with Crippen molar-refractivity contribution >= 4 is 67.7 Å². The van der Waals surface area contributed by atoms with Gasteiger partial charge in [-0.1, -0.05) is 27.5 Å². The summed E-state index contributed by atoms with van der Waals surface area (Å²) in [6.45, 7) is 0. The zero-order chi connectivity index (χ0) is 14.0. The second-order valence-corrected chi connectivity index (χ2v) is 6.43. The molecule has 0 aliphatic heterocycles. The van der Waals surface area contributed by atoms with Crippen LogP contribution in [-0.4, -0.2) is 5.91 Å². The fraction of sp³-hybridized carbons (Fsp3) is 0. The van der Waals surface area contributed by atoms with Crippen LogP contribution in [0.25, 0.3) is 0 Å². The quantitative estimate of drug-likeness (QED) is 0.624. The fourth-order valence-corrected chi connectivity index (χ4v) is 2.85. The Balaban J connectivity index is 2.28. The average Bonchev–Trinajstić information content (AvgIpc) is 2.33. The molecule has 0 spiro atoms. The highest BCUT2D eigenvalue weighted by molar-refractivity contribution is 9.10. The lowest BCUT2D eigenvalue weighted by molar-refractivity contribution is 0.102. The number of carbonyl (C=O) groups is 1. The molecule has 2 aromatic carbocycles. The van der Waals surface area contributed by atoms with E-state index in [1.807, 2.05) is 0 Å². The molecule has 98 valence electrons. The van der Waals surface area contributed by atoms with Gasteiger partial charge in [0.25, 0.3) is 5.91 Å². The smallest absolute Gasteiger partial charge is 0.256 e. The molecule has 1 N–H and O–H groups in total. The molecule has 0 unspecified atom stereocenters. The van der Waals surface area contributed by atoms with Crippen LogP contribution in [0.4, 0.5) is 5.69 Å². The second-order valence-electron chi connectivity index (χ2n) is 3.74. The summed E-state index contributed by atoms with van der Waals surface area (Å²) >= 11 is 16.9. The predicted molar refractivity (Wildman–Crippen MR) is 88.5 cm³/mol. The minimum atomic E-state index is -0.236. The van der Waals surface area contributed by atoms with Crippen LogP contribution in [0.15, 0.2) is 50.2 Å². The monoisotopic (exact) mass is 419 g/mol. The van der Waals surface area contributed by atoms with Gasteiger partial charge in [-0.3, -0.25) is 4.79 Å². The lowest BCUT2D eigenvalue weighted by Crippen LogP contribution is -2.13. The van der Waals surface area contributed by atoms with Crippen molar-refractivity contribution in [2.45, 2.75) is 4.90 Å². The Morgan fingerprint density at radius 3 is 2.58 bits per heavy atom. The van der Waals surface area contributed by atoms with Crippen LogP contribution < -0.4 is 5.32 Å². The number of nitrogens with one attached hydrogen (secondary N) is 1. The van der Waals surface area contributed by atoms with Gasteiger partial charge in [0.1, 0.15) is 0 Å². The third kappa shape index (κ3) is 3.75. The van der Waals surface area contributed by atoms with Crippen LogP contribution in [-0.2, 0) is 0 Å². The van der Waals surface area contributed by atoms with E-state index in [4.69, 9.17) is 11.6 Å². The number of rotatable bonds is 2. The van der Waals surface area contributed by atoms with Crippen molar-refractivity contribution in [2.24, 2.45) is 0 Å². The van der Waals surface area contributed by atoms with Gasteiger partial charge in [0, 0.05) is 18.9 Å². The van der Waals surface area contributed by atoms with Crippen molar-refractivity contribution in [3.63, 3.8) is 0 Å². The third-order valence-corrected chi connectivity index (χ3v) is 4.17. The minimum Gasteiger partial charge on any atom is -0.321 e. The Bertz CT molecular complexity index is 649. The lowest BCUT2D eigenvalue weighted by Gasteiger charge is -2.09.